The van der Waals surface area contributed by atoms with Crippen molar-refractivity contribution < 1.29 is 9.53 Å². The van der Waals surface area contributed by atoms with E-state index in [-0.39, 0.29) is 24.0 Å². The molecule has 0 aromatic rings. The van der Waals surface area contributed by atoms with E-state index < -0.39 is 0 Å². The molecule has 3 heteroatoms. The zero-order chi connectivity index (χ0) is 10.6. The van der Waals surface area contributed by atoms with Gasteiger partial charge in [-0.15, -0.1) is 0 Å². The lowest BCUT2D eigenvalue weighted by Crippen LogP contribution is -2.23. The second kappa shape index (κ2) is 5.35. The third kappa shape index (κ3) is 3.29. The minimum atomic E-state index is -0.0427. The molecule has 1 unspecified atom stereocenters. The Bertz CT molecular complexity index is 194. The summed E-state index contributed by atoms with van der Waals surface area (Å²) in [4.78, 5) is 11.6. The van der Waals surface area contributed by atoms with E-state index in [1.54, 1.807) is 0 Å². The van der Waals surface area contributed by atoms with Crippen LogP contribution in [-0.4, -0.2) is 18.1 Å². The van der Waals surface area contributed by atoms with E-state index in [0.29, 0.717) is 0 Å². The highest BCUT2D eigenvalue weighted by atomic mass is 16.5. The van der Waals surface area contributed by atoms with E-state index in [4.69, 9.17) is 10.5 Å². The van der Waals surface area contributed by atoms with Crippen molar-refractivity contribution in [2.24, 2.45) is 11.7 Å². The van der Waals surface area contributed by atoms with Crippen LogP contribution in [0.2, 0.25) is 0 Å². The normalized spacial score (nSPS) is 28.8. The maximum atomic E-state index is 11.6. The molecule has 0 bridgehead atoms. The maximum absolute atomic E-state index is 11.6. The zero-order valence-electron chi connectivity index (χ0n) is 9.16. The molecule has 1 aliphatic carbocycles. The molecule has 3 nitrogen and oxygen atoms in total. The molecule has 0 saturated heterocycles. The van der Waals surface area contributed by atoms with Gasteiger partial charge in [0.1, 0.15) is 0 Å². The fraction of sp³-hybridized carbons (Fsp3) is 0.909. The molecule has 1 rings (SSSR count). The molecule has 1 fully saturated rings. The molecule has 1 aliphatic rings. The SMILES string of the molecule is CCCC(C)OC(=O)[C@@H]1CC[C@H](N)C1. The number of rotatable bonds is 4. The van der Waals surface area contributed by atoms with Crippen LogP contribution >= 0.6 is 0 Å². The minimum Gasteiger partial charge on any atom is -0.462 e. The molecule has 0 spiro atoms. The first-order valence-electron chi connectivity index (χ1n) is 5.59. The zero-order valence-corrected chi connectivity index (χ0v) is 9.16. The van der Waals surface area contributed by atoms with Gasteiger partial charge in [0.15, 0.2) is 0 Å². The molecule has 2 N–H and O–H groups in total. The molecule has 0 radical (unpaired) electrons. The molecular weight excluding hydrogens is 178 g/mol. The van der Waals surface area contributed by atoms with Crippen LogP contribution in [-0.2, 0) is 9.53 Å². The summed E-state index contributed by atoms with van der Waals surface area (Å²) < 4.78 is 5.33. The Balaban J connectivity index is 2.27. The third-order valence-electron chi connectivity index (χ3n) is 2.82. The predicted octanol–water partition coefficient (Wildman–Crippen LogP) is 1.85. The molecular formula is C11H21NO2. The van der Waals surface area contributed by atoms with Gasteiger partial charge in [-0.3, -0.25) is 4.79 Å². The van der Waals surface area contributed by atoms with Crippen LogP contribution in [0.5, 0.6) is 0 Å². The van der Waals surface area contributed by atoms with E-state index in [1.165, 1.54) is 0 Å². The summed E-state index contributed by atoms with van der Waals surface area (Å²) in [5, 5.41) is 0. The van der Waals surface area contributed by atoms with Crippen LogP contribution in [0.1, 0.15) is 46.0 Å². The van der Waals surface area contributed by atoms with Gasteiger partial charge >= 0.3 is 5.97 Å². The van der Waals surface area contributed by atoms with Gasteiger partial charge in [0.25, 0.3) is 0 Å². The molecule has 0 aliphatic heterocycles. The van der Waals surface area contributed by atoms with Crippen LogP contribution in [0.15, 0.2) is 0 Å². The Kier molecular flexibility index (Phi) is 4.39. The van der Waals surface area contributed by atoms with Crippen LogP contribution in [0.25, 0.3) is 0 Å². The molecule has 3 atom stereocenters. The number of nitrogens with two attached hydrogens (primary N) is 1. The average Bonchev–Trinajstić information content (AvgIpc) is 2.52. The molecule has 0 aromatic heterocycles. The Morgan fingerprint density at radius 3 is 2.79 bits per heavy atom. The minimum absolute atomic E-state index is 0.0427. The number of esters is 1. The summed E-state index contributed by atoms with van der Waals surface area (Å²) >= 11 is 0. The lowest BCUT2D eigenvalue weighted by Gasteiger charge is -2.15. The molecule has 82 valence electrons. The van der Waals surface area contributed by atoms with E-state index in [0.717, 1.165) is 32.1 Å². The summed E-state index contributed by atoms with van der Waals surface area (Å²) in [6, 6.07) is 0.203. The monoisotopic (exact) mass is 199 g/mol. The highest BCUT2D eigenvalue weighted by Crippen LogP contribution is 2.25. The second-order valence-corrected chi connectivity index (χ2v) is 4.31. The van der Waals surface area contributed by atoms with Gasteiger partial charge < -0.3 is 10.5 Å². The Morgan fingerprint density at radius 1 is 1.57 bits per heavy atom. The first-order chi connectivity index (χ1) is 6.63. The molecule has 0 amide bonds. The standard InChI is InChI=1S/C11H21NO2/c1-3-4-8(2)14-11(13)9-5-6-10(12)7-9/h8-10H,3-7,12H2,1-2H3/t8?,9-,10+/m1/s1. The second-order valence-electron chi connectivity index (χ2n) is 4.31. The summed E-state index contributed by atoms with van der Waals surface area (Å²) in [6.07, 6.45) is 4.73. The fourth-order valence-electron chi connectivity index (χ4n) is 1.99. The fourth-order valence-corrected chi connectivity index (χ4v) is 1.99. The highest BCUT2D eigenvalue weighted by Gasteiger charge is 2.29. The van der Waals surface area contributed by atoms with E-state index >= 15 is 0 Å². The van der Waals surface area contributed by atoms with Crippen molar-refractivity contribution in [2.75, 3.05) is 0 Å². The average molecular weight is 199 g/mol. The van der Waals surface area contributed by atoms with Crippen molar-refractivity contribution in [1.82, 2.24) is 0 Å². The van der Waals surface area contributed by atoms with Crippen molar-refractivity contribution in [3.8, 4) is 0 Å². The summed E-state index contributed by atoms with van der Waals surface area (Å²) in [7, 11) is 0. The molecule has 14 heavy (non-hydrogen) atoms. The topological polar surface area (TPSA) is 52.3 Å². The summed E-state index contributed by atoms with van der Waals surface area (Å²) in [6.45, 7) is 4.05. The lowest BCUT2D eigenvalue weighted by molar-refractivity contribution is -0.153. The largest absolute Gasteiger partial charge is 0.462 e. The number of carbonyl (C=O) groups excluding carboxylic acids is 1. The first-order valence-corrected chi connectivity index (χ1v) is 5.59. The van der Waals surface area contributed by atoms with Crippen molar-refractivity contribution in [2.45, 2.75) is 58.1 Å². The highest BCUT2D eigenvalue weighted by molar-refractivity contribution is 5.73. The quantitative estimate of drug-likeness (QED) is 0.703. The van der Waals surface area contributed by atoms with Gasteiger partial charge in [0, 0.05) is 6.04 Å². The number of carbonyl (C=O) groups is 1. The predicted molar refractivity (Wildman–Crippen MR) is 55.8 cm³/mol. The number of hydrogen-bond donors (Lipinski definition) is 1. The molecule has 0 heterocycles. The Hall–Kier alpha value is -0.570. The van der Waals surface area contributed by atoms with Crippen molar-refractivity contribution in [3.63, 3.8) is 0 Å². The van der Waals surface area contributed by atoms with Crippen LogP contribution in [0, 0.1) is 5.92 Å². The van der Waals surface area contributed by atoms with E-state index in [9.17, 15) is 4.79 Å². The number of ether oxygens (including phenoxy) is 1. The van der Waals surface area contributed by atoms with Gasteiger partial charge in [-0.1, -0.05) is 13.3 Å². The van der Waals surface area contributed by atoms with Crippen LogP contribution < -0.4 is 5.73 Å². The van der Waals surface area contributed by atoms with E-state index in [2.05, 4.69) is 6.92 Å². The lowest BCUT2D eigenvalue weighted by atomic mass is 10.1. The third-order valence-corrected chi connectivity index (χ3v) is 2.82. The Labute approximate surface area is 86.0 Å². The molecule has 0 aromatic carbocycles. The van der Waals surface area contributed by atoms with Gasteiger partial charge in [0.2, 0.25) is 0 Å². The van der Waals surface area contributed by atoms with Crippen LogP contribution in [0.4, 0.5) is 0 Å². The number of hydrogen-bond acceptors (Lipinski definition) is 3. The van der Waals surface area contributed by atoms with Crippen molar-refractivity contribution in [3.05, 3.63) is 0 Å². The van der Waals surface area contributed by atoms with Gasteiger partial charge in [-0.25, -0.2) is 0 Å². The molecule has 1 saturated carbocycles. The summed E-state index contributed by atoms with van der Waals surface area (Å²) in [5.74, 6) is 0.0169. The smallest absolute Gasteiger partial charge is 0.309 e. The maximum Gasteiger partial charge on any atom is 0.309 e. The van der Waals surface area contributed by atoms with Crippen molar-refractivity contribution >= 4 is 5.97 Å². The summed E-state index contributed by atoms with van der Waals surface area (Å²) in [5.41, 5.74) is 5.74. The van der Waals surface area contributed by atoms with E-state index in [1.807, 2.05) is 6.92 Å². The van der Waals surface area contributed by atoms with Gasteiger partial charge in [-0.05, 0) is 32.6 Å². The van der Waals surface area contributed by atoms with Gasteiger partial charge in [0.05, 0.1) is 12.0 Å². The van der Waals surface area contributed by atoms with Crippen LogP contribution in [0.3, 0.4) is 0 Å². The van der Waals surface area contributed by atoms with Gasteiger partial charge in [-0.2, -0.15) is 0 Å². The Morgan fingerprint density at radius 2 is 2.29 bits per heavy atom. The van der Waals surface area contributed by atoms with Crippen molar-refractivity contribution in [1.29, 1.82) is 0 Å². The first kappa shape index (κ1) is 11.5.